The van der Waals surface area contributed by atoms with Crippen LogP contribution in [0.1, 0.15) is 35.5 Å². The molecule has 0 atom stereocenters. The lowest BCUT2D eigenvalue weighted by molar-refractivity contribution is 0.0957. The Kier molecular flexibility index (Phi) is 7.41. The summed E-state index contributed by atoms with van der Waals surface area (Å²) in [6.07, 6.45) is 1.53. The topological polar surface area (TPSA) is 49.6 Å². The number of thiazole rings is 1. The molecular formula is C20H26ClN3O2S. The van der Waals surface area contributed by atoms with E-state index in [0.717, 1.165) is 35.0 Å². The molecule has 0 aliphatic rings. The van der Waals surface area contributed by atoms with Crippen LogP contribution in [0, 0.1) is 13.8 Å². The second-order valence-electron chi connectivity index (χ2n) is 6.31. The van der Waals surface area contributed by atoms with Crippen LogP contribution in [0.15, 0.2) is 34.9 Å². The van der Waals surface area contributed by atoms with Crippen molar-refractivity contribution in [1.29, 1.82) is 0 Å². The lowest BCUT2D eigenvalue weighted by Gasteiger charge is -2.24. The SMILES string of the molecule is CCN(CC)CCN(C(=O)c1ccco1)c1nc2c(C)c(C)ccc2s1.Cl. The highest BCUT2D eigenvalue weighted by atomic mass is 35.5. The van der Waals surface area contributed by atoms with E-state index in [1.165, 1.54) is 17.4 Å². The Bertz CT molecular complexity index is 888. The molecule has 146 valence electrons. The van der Waals surface area contributed by atoms with E-state index in [9.17, 15) is 4.79 Å². The molecule has 0 aliphatic heterocycles. The van der Waals surface area contributed by atoms with Crippen molar-refractivity contribution in [2.24, 2.45) is 0 Å². The van der Waals surface area contributed by atoms with Crippen LogP contribution in [0.5, 0.6) is 0 Å². The summed E-state index contributed by atoms with van der Waals surface area (Å²) >= 11 is 1.55. The molecule has 0 bridgehead atoms. The van der Waals surface area contributed by atoms with Crippen molar-refractivity contribution in [3.05, 3.63) is 47.4 Å². The third kappa shape index (κ3) is 4.51. The van der Waals surface area contributed by atoms with Gasteiger partial charge in [0, 0.05) is 13.1 Å². The number of fused-ring (bicyclic) bond motifs is 1. The number of carbonyl (C=O) groups is 1. The highest BCUT2D eigenvalue weighted by Gasteiger charge is 2.24. The molecule has 0 spiro atoms. The molecule has 0 aliphatic carbocycles. The lowest BCUT2D eigenvalue weighted by atomic mass is 10.1. The van der Waals surface area contributed by atoms with E-state index in [-0.39, 0.29) is 18.3 Å². The van der Waals surface area contributed by atoms with Crippen LogP contribution in [0.2, 0.25) is 0 Å². The van der Waals surface area contributed by atoms with Crippen LogP contribution >= 0.6 is 23.7 Å². The van der Waals surface area contributed by atoms with Gasteiger partial charge >= 0.3 is 0 Å². The zero-order chi connectivity index (χ0) is 18.7. The van der Waals surface area contributed by atoms with Crippen molar-refractivity contribution in [2.75, 3.05) is 31.1 Å². The first kappa shape index (κ1) is 21.4. The van der Waals surface area contributed by atoms with Crippen LogP contribution in [0.3, 0.4) is 0 Å². The van der Waals surface area contributed by atoms with Crippen molar-refractivity contribution in [3.63, 3.8) is 0 Å². The maximum Gasteiger partial charge on any atom is 0.295 e. The first-order valence-corrected chi connectivity index (χ1v) is 9.81. The number of nitrogens with zero attached hydrogens (tertiary/aromatic N) is 3. The fourth-order valence-corrected chi connectivity index (χ4v) is 3.98. The third-order valence-electron chi connectivity index (χ3n) is 4.82. The molecular weight excluding hydrogens is 382 g/mol. The first-order chi connectivity index (χ1) is 12.5. The number of likely N-dealkylation sites (N-methyl/N-ethyl adjacent to an activating group) is 1. The number of aryl methyl sites for hydroxylation is 2. The van der Waals surface area contributed by atoms with Gasteiger partial charge in [-0.15, -0.1) is 12.4 Å². The predicted octanol–water partition coefficient (Wildman–Crippen LogP) is 4.92. The standard InChI is InChI=1S/C20H25N3O2S.ClH/c1-5-22(6-2)11-12-23(19(24)16-8-7-13-25-16)20-21-18-15(4)14(3)9-10-17(18)26-20;/h7-10,13H,5-6,11-12H2,1-4H3;1H. The van der Waals surface area contributed by atoms with Crippen LogP contribution in [0.25, 0.3) is 10.2 Å². The zero-order valence-corrected chi connectivity index (χ0v) is 17.8. The molecule has 2 heterocycles. The molecule has 0 saturated carbocycles. The minimum absolute atomic E-state index is 0. The fraction of sp³-hybridized carbons (Fsp3) is 0.400. The van der Waals surface area contributed by atoms with E-state index >= 15 is 0 Å². The molecule has 1 aromatic carbocycles. The molecule has 3 aromatic rings. The average molecular weight is 408 g/mol. The Hall–Kier alpha value is -1.89. The number of benzene rings is 1. The van der Waals surface area contributed by atoms with Gasteiger partial charge in [-0.2, -0.15) is 0 Å². The van der Waals surface area contributed by atoms with Crippen LogP contribution in [0.4, 0.5) is 5.13 Å². The van der Waals surface area contributed by atoms with Crippen molar-refractivity contribution in [3.8, 4) is 0 Å². The minimum Gasteiger partial charge on any atom is -0.459 e. The van der Waals surface area contributed by atoms with E-state index in [2.05, 4.69) is 44.7 Å². The molecule has 3 rings (SSSR count). The van der Waals surface area contributed by atoms with Crippen molar-refractivity contribution >= 4 is 45.0 Å². The van der Waals surface area contributed by atoms with Gasteiger partial charge in [-0.05, 0) is 56.3 Å². The van der Waals surface area contributed by atoms with E-state index < -0.39 is 0 Å². The van der Waals surface area contributed by atoms with Crippen molar-refractivity contribution in [2.45, 2.75) is 27.7 Å². The maximum absolute atomic E-state index is 13.0. The fourth-order valence-electron chi connectivity index (χ4n) is 2.93. The number of hydrogen-bond donors (Lipinski definition) is 0. The average Bonchev–Trinajstić information content (AvgIpc) is 3.31. The Morgan fingerprint density at radius 2 is 1.89 bits per heavy atom. The number of rotatable bonds is 7. The molecule has 5 nitrogen and oxygen atoms in total. The zero-order valence-electron chi connectivity index (χ0n) is 16.2. The second kappa shape index (κ2) is 9.35. The van der Waals surface area contributed by atoms with Crippen LogP contribution in [-0.4, -0.2) is 42.0 Å². The van der Waals surface area contributed by atoms with Gasteiger partial charge in [0.1, 0.15) is 0 Å². The number of anilines is 1. The summed E-state index contributed by atoms with van der Waals surface area (Å²) in [5, 5.41) is 0.724. The minimum atomic E-state index is -0.143. The summed E-state index contributed by atoms with van der Waals surface area (Å²) < 4.78 is 6.45. The molecule has 27 heavy (non-hydrogen) atoms. The predicted molar refractivity (Wildman–Crippen MR) is 115 cm³/mol. The van der Waals surface area contributed by atoms with Gasteiger partial charge in [-0.25, -0.2) is 4.98 Å². The highest BCUT2D eigenvalue weighted by molar-refractivity contribution is 7.22. The number of hydrogen-bond acceptors (Lipinski definition) is 5. The van der Waals surface area contributed by atoms with E-state index in [1.54, 1.807) is 28.4 Å². The molecule has 0 unspecified atom stereocenters. The highest BCUT2D eigenvalue weighted by Crippen LogP contribution is 2.32. The Morgan fingerprint density at radius 3 is 2.52 bits per heavy atom. The van der Waals surface area contributed by atoms with Crippen molar-refractivity contribution in [1.82, 2.24) is 9.88 Å². The monoisotopic (exact) mass is 407 g/mol. The summed E-state index contributed by atoms with van der Waals surface area (Å²) in [5.41, 5.74) is 3.35. The van der Waals surface area contributed by atoms with Crippen LogP contribution in [-0.2, 0) is 0 Å². The Morgan fingerprint density at radius 1 is 1.15 bits per heavy atom. The quantitative estimate of drug-likeness (QED) is 0.558. The maximum atomic E-state index is 13.0. The first-order valence-electron chi connectivity index (χ1n) is 8.99. The summed E-state index contributed by atoms with van der Waals surface area (Å²) in [6, 6.07) is 7.63. The number of halogens is 1. The van der Waals surface area contributed by atoms with Crippen LogP contribution < -0.4 is 4.90 Å². The summed E-state index contributed by atoms with van der Waals surface area (Å²) in [4.78, 5) is 21.8. The molecule has 0 fully saturated rings. The lowest BCUT2D eigenvalue weighted by Crippen LogP contribution is -2.38. The second-order valence-corrected chi connectivity index (χ2v) is 7.32. The van der Waals surface area contributed by atoms with E-state index in [4.69, 9.17) is 9.40 Å². The smallest absolute Gasteiger partial charge is 0.295 e. The molecule has 2 aromatic heterocycles. The summed E-state index contributed by atoms with van der Waals surface area (Å²) in [7, 11) is 0. The summed E-state index contributed by atoms with van der Waals surface area (Å²) in [6.45, 7) is 11.7. The Labute approximate surface area is 170 Å². The normalized spacial score (nSPS) is 11.0. The molecule has 0 radical (unpaired) electrons. The number of aromatic nitrogens is 1. The number of amides is 1. The summed E-state index contributed by atoms with van der Waals surface area (Å²) in [5.74, 6) is 0.201. The van der Waals surface area contributed by atoms with Gasteiger partial charge in [0.05, 0.1) is 16.5 Å². The van der Waals surface area contributed by atoms with Gasteiger partial charge in [-0.1, -0.05) is 31.3 Å². The van der Waals surface area contributed by atoms with Gasteiger partial charge in [0.2, 0.25) is 0 Å². The third-order valence-corrected chi connectivity index (χ3v) is 5.86. The number of carbonyl (C=O) groups excluding carboxylic acids is 1. The van der Waals surface area contributed by atoms with Crippen molar-refractivity contribution < 1.29 is 9.21 Å². The van der Waals surface area contributed by atoms with E-state index in [0.29, 0.717) is 12.3 Å². The van der Waals surface area contributed by atoms with Gasteiger partial charge in [-0.3, -0.25) is 9.69 Å². The van der Waals surface area contributed by atoms with E-state index in [1.807, 2.05) is 0 Å². The van der Waals surface area contributed by atoms with Gasteiger partial charge < -0.3 is 9.32 Å². The number of furan rings is 1. The molecule has 0 saturated heterocycles. The van der Waals surface area contributed by atoms with Gasteiger partial charge in [0.15, 0.2) is 10.9 Å². The molecule has 1 amide bonds. The van der Waals surface area contributed by atoms with Gasteiger partial charge in [0.25, 0.3) is 5.91 Å². The largest absolute Gasteiger partial charge is 0.459 e. The Balaban J connectivity index is 0.00000261. The molecule has 0 N–H and O–H groups in total. The molecule has 7 heteroatoms.